The van der Waals surface area contributed by atoms with E-state index in [0.717, 1.165) is 34.6 Å². The Hall–Kier alpha value is -4.74. The number of aromatic nitrogens is 2. The predicted octanol–water partition coefficient (Wildman–Crippen LogP) is 4.77. The first kappa shape index (κ1) is 31.2. The van der Waals surface area contributed by atoms with Gasteiger partial charge in [0, 0.05) is 23.5 Å². The Kier molecular flexibility index (Phi) is 9.17. The molecule has 2 atom stereocenters. The van der Waals surface area contributed by atoms with Crippen LogP contribution in [0.3, 0.4) is 0 Å². The van der Waals surface area contributed by atoms with Crippen LogP contribution in [0.15, 0.2) is 42.5 Å². The van der Waals surface area contributed by atoms with Crippen LogP contribution >= 0.6 is 0 Å². The summed E-state index contributed by atoms with van der Waals surface area (Å²) in [6.07, 6.45) is -0.593. The van der Waals surface area contributed by atoms with E-state index in [1.165, 1.54) is 12.1 Å². The van der Waals surface area contributed by atoms with E-state index in [-0.39, 0.29) is 17.6 Å². The van der Waals surface area contributed by atoms with Crippen molar-refractivity contribution < 1.29 is 28.2 Å². The largest absolute Gasteiger partial charge is 0.444 e. The Bertz CT molecular complexity index is 1520. The molecular weight excluding hydrogens is 555 g/mol. The molecule has 0 aliphatic carbocycles. The summed E-state index contributed by atoms with van der Waals surface area (Å²) in [6.45, 7) is 11.6. The average molecular weight is 593 g/mol. The zero-order valence-electron chi connectivity index (χ0n) is 25.2. The van der Waals surface area contributed by atoms with E-state index in [4.69, 9.17) is 20.2 Å². The number of nitrogens with zero attached hydrogens (tertiary/aromatic N) is 3. The Labute approximate surface area is 250 Å². The molecule has 1 aliphatic rings. The number of ether oxygens (including phenoxy) is 2. The fraction of sp³-hybridized carbons (Fsp3) is 0.387. The number of benzene rings is 2. The highest BCUT2D eigenvalue weighted by Crippen LogP contribution is 2.37. The third kappa shape index (κ3) is 7.97. The molecule has 0 bridgehead atoms. The summed E-state index contributed by atoms with van der Waals surface area (Å²) in [6, 6.07) is 9.85. The van der Waals surface area contributed by atoms with Crippen molar-refractivity contribution in [1.82, 2.24) is 15.3 Å². The first-order valence-corrected chi connectivity index (χ1v) is 14.0. The molecule has 0 saturated heterocycles. The molecule has 1 aromatic heterocycles. The van der Waals surface area contributed by atoms with Crippen LogP contribution in [0.1, 0.15) is 62.5 Å². The van der Waals surface area contributed by atoms with Crippen molar-refractivity contribution in [1.29, 1.82) is 0 Å². The second kappa shape index (κ2) is 12.6. The predicted molar refractivity (Wildman–Crippen MR) is 160 cm³/mol. The summed E-state index contributed by atoms with van der Waals surface area (Å²) < 4.78 is 24.2. The number of anilines is 3. The fourth-order valence-corrected chi connectivity index (χ4v) is 4.79. The molecule has 1 aliphatic heterocycles. The summed E-state index contributed by atoms with van der Waals surface area (Å²) in [7, 11) is 0. The molecule has 11 nitrogen and oxygen atoms in total. The molecule has 0 spiro atoms. The van der Waals surface area contributed by atoms with Crippen LogP contribution in [0.4, 0.5) is 26.6 Å². The lowest BCUT2D eigenvalue weighted by molar-refractivity contribution is -0.138. The third-order valence-electron chi connectivity index (χ3n) is 6.99. The van der Waals surface area contributed by atoms with Gasteiger partial charge in [-0.2, -0.15) is 4.98 Å². The molecule has 2 amide bonds. The Morgan fingerprint density at radius 1 is 1.12 bits per heavy atom. The summed E-state index contributed by atoms with van der Waals surface area (Å²) in [5, 5.41) is 5.53. The molecule has 2 aromatic carbocycles. The van der Waals surface area contributed by atoms with Gasteiger partial charge in [-0.1, -0.05) is 6.07 Å². The Morgan fingerprint density at radius 3 is 2.47 bits per heavy atom. The number of nitrogens with two attached hydrogens (primary N) is 1. The van der Waals surface area contributed by atoms with Gasteiger partial charge in [0.2, 0.25) is 11.9 Å². The minimum Gasteiger partial charge on any atom is -0.444 e. The summed E-state index contributed by atoms with van der Waals surface area (Å²) in [5.74, 6) is -0.558. The number of alkyl carbamates (subject to hydrolysis) is 1. The molecule has 2 unspecified atom stereocenters. The maximum Gasteiger partial charge on any atom is 0.408 e. The van der Waals surface area contributed by atoms with E-state index >= 15 is 0 Å². The number of rotatable bonds is 8. The number of carbonyl (C=O) groups is 3. The van der Waals surface area contributed by atoms with Crippen molar-refractivity contribution in [2.24, 2.45) is 5.73 Å². The molecule has 4 N–H and O–H groups in total. The molecule has 2 heterocycles. The number of nitrogens with one attached hydrogen (secondary N) is 2. The number of halogens is 1. The van der Waals surface area contributed by atoms with Gasteiger partial charge < -0.3 is 30.7 Å². The molecule has 0 radical (unpaired) electrons. The molecule has 228 valence electrons. The number of aryl methyl sites for hydroxylation is 1. The van der Waals surface area contributed by atoms with Crippen molar-refractivity contribution in [2.45, 2.75) is 72.1 Å². The number of carbonyl (C=O) groups excluding carboxylic acids is 3. The van der Waals surface area contributed by atoms with Crippen LogP contribution in [0, 0.1) is 19.7 Å². The lowest BCUT2D eigenvalue weighted by Crippen LogP contribution is -2.47. The number of fused-ring (bicyclic) bond motifs is 1. The lowest BCUT2D eigenvalue weighted by atomic mass is 9.93. The molecule has 12 heteroatoms. The van der Waals surface area contributed by atoms with Crippen LogP contribution in [0.25, 0.3) is 0 Å². The van der Waals surface area contributed by atoms with Crippen LogP contribution in [0.2, 0.25) is 0 Å². The zero-order chi connectivity index (χ0) is 31.5. The highest BCUT2D eigenvalue weighted by Gasteiger charge is 2.30. The summed E-state index contributed by atoms with van der Waals surface area (Å²) >= 11 is 0. The standard InChI is InChI=1S/C31H37FN6O5/c1-17-18(2)34-29(35-22-10-8-21(32)9-11-22)37-27(17)38-14-13-20-7-12-23(15-24(20)19(38)3)42-28(40)25(16-26(33)39)36-30(41)43-31(4,5)6/h7-12,15,19,25H,13-14,16H2,1-6H3,(H2,33,39)(H,36,41)(H,34,35,37). The number of hydrogen-bond acceptors (Lipinski definition) is 9. The smallest absolute Gasteiger partial charge is 0.408 e. The number of hydrogen-bond donors (Lipinski definition) is 3. The van der Waals surface area contributed by atoms with Crippen molar-refractivity contribution in [3.63, 3.8) is 0 Å². The zero-order valence-corrected chi connectivity index (χ0v) is 25.2. The van der Waals surface area contributed by atoms with Crippen LogP contribution in [0.5, 0.6) is 5.75 Å². The molecule has 4 rings (SSSR count). The average Bonchev–Trinajstić information content (AvgIpc) is 2.91. The van der Waals surface area contributed by atoms with E-state index < -0.39 is 36.0 Å². The van der Waals surface area contributed by atoms with Gasteiger partial charge in [-0.15, -0.1) is 0 Å². The quantitative estimate of drug-likeness (QED) is 0.248. The van der Waals surface area contributed by atoms with Crippen molar-refractivity contribution in [2.75, 3.05) is 16.8 Å². The van der Waals surface area contributed by atoms with Gasteiger partial charge in [-0.25, -0.2) is 19.0 Å². The number of amides is 2. The van der Waals surface area contributed by atoms with E-state index in [1.807, 2.05) is 26.8 Å². The summed E-state index contributed by atoms with van der Waals surface area (Å²) in [4.78, 5) is 48.4. The Morgan fingerprint density at radius 2 is 1.81 bits per heavy atom. The van der Waals surface area contributed by atoms with E-state index in [1.54, 1.807) is 45.0 Å². The van der Waals surface area contributed by atoms with Gasteiger partial charge >= 0.3 is 12.1 Å². The van der Waals surface area contributed by atoms with Gasteiger partial charge in [0.05, 0.1) is 12.5 Å². The normalized spacial score (nSPS) is 15.2. The molecule has 3 aromatic rings. The SMILES string of the molecule is Cc1nc(Nc2ccc(F)cc2)nc(N2CCc3ccc(OC(=O)C(CC(N)=O)NC(=O)OC(C)(C)C)cc3C2C)c1C. The maximum atomic E-state index is 13.4. The molecule has 0 saturated carbocycles. The van der Waals surface area contributed by atoms with Crippen LogP contribution in [-0.4, -0.2) is 46.1 Å². The summed E-state index contributed by atoms with van der Waals surface area (Å²) in [5.41, 5.74) is 8.93. The second-order valence-electron chi connectivity index (χ2n) is 11.5. The minimum absolute atomic E-state index is 0.143. The molecule has 0 fully saturated rings. The van der Waals surface area contributed by atoms with Crippen LogP contribution < -0.4 is 26.0 Å². The van der Waals surface area contributed by atoms with E-state index in [0.29, 0.717) is 18.2 Å². The van der Waals surface area contributed by atoms with Crippen molar-refractivity contribution >= 4 is 35.4 Å². The monoisotopic (exact) mass is 592 g/mol. The van der Waals surface area contributed by atoms with Gasteiger partial charge in [-0.05, 0) is 95.5 Å². The van der Waals surface area contributed by atoms with E-state index in [2.05, 4.69) is 20.5 Å². The maximum absolute atomic E-state index is 13.4. The second-order valence-corrected chi connectivity index (χ2v) is 11.5. The van der Waals surface area contributed by atoms with Crippen molar-refractivity contribution in [3.05, 3.63) is 70.7 Å². The van der Waals surface area contributed by atoms with Gasteiger partial charge in [0.1, 0.15) is 29.0 Å². The number of primary amides is 1. The minimum atomic E-state index is -1.32. The third-order valence-corrected chi connectivity index (χ3v) is 6.99. The van der Waals surface area contributed by atoms with Gasteiger partial charge in [-0.3, -0.25) is 4.79 Å². The first-order chi connectivity index (χ1) is 20.2. The fourth-order valence-electron chi connectivity index (χ4n) is 4.79. The van der Waals surface area contributed by atoms with Crippen molar-refractivity contribution in [3.8, 4) is 5.75 Å². The highest BCUT2D eigenvalue weighted by atomic mass is 19.1. The Balaban J connectivity index is 1.55. The first-order valence-electron chi connectivity index (χ1n) is 14.0. The number of esters is 1. The molecular formula is C31H37FN6O5. The topological polar surface area (TPSA) is 149 Å². The van der Waals surface area contributed by atoms with Gasteiger partial charge in [0.15, 0.2) is 0 Å². The van der Waals surface area contributed by atoms with Gasteiger partial charge in [0.25, 0.3) is 0 Å². The van der Waals surface area contributed by atoms with Crippen LogP contribution in [-0.2, 0) is 20.7 Å². The van der Waals surface area contributed by atoms with E-state index in [9.17, 15) is 18.8 Å². The lowest BCUT2D eigenvalue weighted by Gasteiger charge is -2.37. The molecule has 43 heavy (non-hydrogen) atoms. The highest BCUT2D eigenvalue weighted by molar-refractivity contribution is 5.88.